The van der Waals surface area contributed by atoms with Gasteiger partial charge in [-0.05, 0) is 69.9 Å². The van der Waals surface area contributed by atoms with Gasteiger partial charge in [0.2, 0.25) is 21.8 Å². The molecule has 3 fully saturated rings. The molecule has 7 nitrogen and oxygen atoms in total. The van der Waals surface area contributed by atoms with E-state index in [1.54, 1.807) is 6.07 Å². The number of sulfonamides is 1. The first-order chi connectivity index (χ1) is 16.2. The van der Waals surface area contributed by atoms with Crippen LogP contribution >= 0.6 is 0 Å². The van der Waals surface area contributed by atoms with E-state index in [1.165, 1.54) is 4.31 Å². The summed E-state index contributed by atoms with van der Waals surface area (Å²) in [4.78, 5) is 30.3. The van der Waals surface area contributed by atoms with E-state index in [0.29, 0.717) is 49.8 Å². The predicted molar refractivity (Wildman–Crippen MR) is 132 cm³/mol. The average molecular weight is 490 g/mol. The van der Waals surface area contributed by atoms with Crippen LogP contribution in [0.25, 0.3) is 0 Å². The lowest BCUT2D eigenvalue weighted by molar-refractivity contribution is -0.144. The summed E-state index contributed by atoms with van der Waals surface area (Å²) in [5.74, 6) is 0.986. The first-order valence-electron chi connectivity index (χ1n) is 12.8. The zero-order chi connectivity index (χ0) is 24.5. The molecule has 0 aliphatic carbocycles. The molecule has 3 aliphatic heterocycles. The molecule has 3 saturated heterocycles. The zero-order valence-electron chi connectivity index (χ0n) is 20.8. The number of nitrogens with zero attached hydrogens (tertiary/aromatic N) is 3. The van der Waals surface area contributed by atoms with Crippen molar-refractivity contribution in [1.29, 1.82) is 0 Å². The number of aryl methyl sites for hydroxylation is 2. The van der Waals surface area contributed by atoms with Crippen molar-refractivity contribution in [3.05, 3.63) is 29.3 Å². The van der Waals surface area contributed by atoms with Gasteiger partial charge in [-0.2, -0.15) is 4.31 Å². The van der Waals surface area contributed by atoms with E-state index in [2.05, 4.69) is 6.92 Å². The number of carbonyl (C=O) groups excluding carboxylic acids is 2. The van der Waals surface area contributed by atoms with Crippen molar-refractivity contribution in [1.82, 2.24) is 14.1 Å². The Morgan fingerprint density at radius 3 is 1.74 bits per heavy atom. The van der Waals surface area contributed by atoms with Crippen LogP contribution in [-0.2, 0) is 19.6 Å². The molecule has 1 aromatic rings. The maximum Gasteiger partial charge on any atom is 0.243 e. The Morgan fingerprint density at radius 2 is 1.24 bits per heavy atom. The fourth-order valence-corrected chi connectivity index (χ4v) is 7.34. The Balaban J connectivity index is 1.27. The summed E-state index contributed by atoms with van der Waals surface area (Å²) in [5.41, 5.74) is 1.80. The third kappa shape index (κ3) is 5.33. The lowest BCUT2D eigenvalue weighted by Crippen LogP contribution is -2.49. The summed E-state index contributed by atoms with van der Waals surface area (Å²) in [6.45, 7) is 9.74. The number of piperidine rings is 3. The van der Waals surface area contributed by atoms with Gasteiger partial charge >= 0.3 is 0 Å². The molecule has 0 spiro atoms. The third-order valence-electron chi connectivity index (χ3n) is 8.00. The number of amides is 2. The molecule has 2 amide bonds. The van der Waals surface area contributed by atoms with Crippen molar-refractivity contribution in [2.24, 2.45) is 17.8 Å². The lowest BCUT2D eigenvalue weighted by Gasteiger charge is -2.38. The van der Waals surface area contributed by atoms with Crippen LogP contribution in [0.4, 0.5) is 0 Å². The average Bonchev–Trinajstić information content (AvgIpc) is 2.83. The molecule has 0 aromatic heterocycles. The van der Waals surface area contributed by atoms with Gasteiger partial charge in [-0.25, -0.2) is 8.42 Å². The minimum absolute atomic E-state index is 0.0298. The minimum atomic E-state index is -3.55. The van der Waals surface area contributed by atoms with Crippen LogP contribution in [0, 0.1) is 31.6 Å². The van der Waals surface area contributed by atoms with Crippen LogP contribution in [0.3, 0.4) is 0 Å². The minimum Gasteiger partial charge on any atom is -0.342 e. The number of hydrogen-bond donors (Lipinski definition) is 0. The van der Waals surface area contributed by atoms with Crippen molar-refractivity contribution in [3.63, 3.8) is 0 Å². The molecule has 4 rings (SSSR count). The first-order valence-corrected chi connectivity index (χ1v) is 14.3. The predicted octanol–water partition coefficient (Wildman–Crippen LogP) is 3.20. The molecule has 0 radical (unpaired) electrons. The molecule has 0 N–H and O–H groups in total. The van der Waals surface area contributed by atoms with Crippen LogP contribution in [0.15, 0.2) is 23.1 Å². The van der Waals surface area contributed by atoms with Gasteiger partial charge in [0.15, 0.2) is 0 Å². The van der Waals surface area contributed by atoms with Crippen molar-refractivity contribution in [2.75, 3.05) is 39.3 Å². The number of hydrogen-bond acceptors (Lipinski definition) is 4. The molecule has 0 saturated carbocycles. The van der Waals surface area contributed by atoms with Gasteiger partial charge in [0, 0.05) is 51.1 Å². The van der Waals surface area contributed by atoms with Gasteiger partial charge in [-0.15, -0.1) is 0 Å². The summed E-state index contributed by atoms with van der Waals surface area (Å²) in [6.07, 6.45) is 4.73. The molecule has 34 heavy (non-hydrogen) atoms. The van der Waals surface area contributed by atoms with Crippen molar-refractivity contribution in [3.8, 4) is 0 Å². The summed E-state index contributed by atoms with van der Waals surface area (Å²) < 4.78 is 27.8. The first kappa shape index (κ1) is 25.2. The van der Waals surface area contributed by atoms with Gasteiger partial charge in [-0.1, -0.05) is 24.6 Å². The Labute approximate surface area is 204 Å². The molecule has 0 atom stereocenters. The van der Waals surface area contributed by atoms with E-state index < -0.39 is 10.0 Å². The number of rotatable bonds is 4. The maximum atomic E-state index is 13.1. The monoisotopic (exact) mass is 489 g/mol. The van der Waals surface area contributed by atoms with E-state index in [-0.39, 0.29) is 23.7 Å². The highest BCUT2D eigenvalue weighted by molar-refractivity contribution is 7.89. The maximum absolute atomic E-state index is 13.1. The molecular weight excluding hydrogens is 450 g/mol. The molecule has 3 aliphatic rings. The summed E-state index contributed by atoms with van der Waals surface area (Å²) >= 11 is 0. The molecule has 0 bridgehead atoms. The molecule has 0 unspecified atom stereocenters. The molecule has 8 heteroatoms. The Bertz CT molecular complexity index is 1000. The van der Waals surface area contributed by atoms with Gasteiger partial charge in [0.1, 0.15) is 0 Å². The molecule has 1 aromatic carbocycles. The smallest absolute Gasteiger partial charge is 0.243 e. The van der Waals surface area contributed by atoms with Crippen molar-refractivity contribution in [2.45, 2.75) is 64.2 Å². The summed E-state index contributed by atoms with van der Waals surface area (Å²) in [6, 6.07) is 5.41. The van der Waals surface area contributed by atoms with E-state index >= 15 is 0 Å². The van der Waals surface area contributed by atoms with Crippen LogP contribution in [-0.4, -0.2) is 73.6 Å². The molecule has 3 heterocycles. The zero-order valence-corrected chi connectivity index (χ0v) is 21.6. The number of likely N-dealkylation sites (tertiary alicyclic amines) is 2. The van der Waals surface area contributed by atoms with E-state index in [1.807, 2.05) is 35.8 Å². The highest BCUT2D eigenvalue weighted by Gasteiger charge is 2.37. The SMILES string of the molecule is Cc1ccc(S(=O)(=O)N2CCC(C(=O)N3CCC(C(=O)N4CCC(C)CC4)CC3)CC2)c(C)c1. The fourth-order valence-electron chi connectivity index (χ4n) is 5.66. The number of carbonyl (C=O) groups is 2. The van der Waals surface area contributed by atoms with Crippen LogP contribution < -0.4 is 0 Å². The standard InChI is InChI=1S/C26H39N3O4S/c1-19-6-12-27(13-7-19)25(30)22-8-14-28(15-9-22)26(31)23-10-16-29(17-11-23)34(32,33)24-5-4-20(2)18-21(24)3/h4-5,18-19,22-23H,6-17H2,1-3H3. The third-order valence-corrected chi connectivity index (χ3v) is 10.1. The number of benzene rings is 1. The van der Waals surface area contributed by atoms with E-state index in [9.17, 15) is 18.0 Å². The highest BCUT2D eigenvalue weighted by Crippen LogP contribution is 2.29. The lowest BCUT2D eigenvalue weighted by atomic mass is 9.91. The summed E-state index contributed by atoms with van der Waals surface area (Å²) in [5, 5.41) is 0. The van der Waals surface area contributed by atoms with Crippen LogP contribution in [0.1, 0.15) is 56.6 Å². The largest absolute Gasteiger partial charge is 0.342 e. The topological polar surface area (TPSA) is 78.0 Å². The Kier molecular flexibility index (Phi) is 7.67. The van der Waals surface area contributed by atoms with Gasteiger partial charge in [-0.3, -0.25) is 9.59 Å². The van der Waals surface area contributed by atoms with Crippen LogP contribution in [0.2, 0.25) is 0 Å². The van der Waals surface area contributed by atoms with Crippen molar-refractivity contribution < 1.29 is 18.0 Å². The van der Waals surface area contributed by atoms with Crippen molar-refractivity contribution >= 4 is 21.8 Å². The van der Waals surface area contributed by atoms with E-state index in [0.717, 1.165) is 49.9 Å². The second kappa shape index (κ2) is 10.4. The van der Waals surface area contributed by atoms with Gasteiger partial charge in [0.05, 0.1) is 4.90 Å². The fraction of sp³-hybridized carbons (Fsp3) is 0.692. The Morgan fingerprint density at radius 1 is 0.765 bits per heavy atom. The Hall–Kier alpha value is -1.93. The van der Waals surface area contributed by atoms with Gasteiger partial charge < -0.3 is 9.80 Å². The second-order valence-electron chi connectivity index (χ2n) is 10.6. The summed E-state index contributed by atoms with van der Waals surface area (Å²) in [7, 11) is -3.55. The quantitative estimate of drug-likeness (QED) is 0.651. The highest BCUT2D eigenvalue weighted by atomic mass is 32.2. The molecule has 188 valence electrons. The second-order valence-corrected chi connectivity index (χ2v) is 12.5. The normalized spacial score (nSPS) is 22.2. The van der Waals surface area contributed by atoms with E-state index in [4.69, 9.17) is 0 Å². The molecular formula is C26H39N3O4S. The van der Waals surface area contributed by atoms with Gasteiger partial charge in [0.25, 0.3) is 0 Å². The van der Waals surface area contributed by atoms with Crippen LogP contribution in [0.5, 0.6) is 0 Å².